The Kier molecular flexibility index (Phi) is 9.36. The van der Waals surface area contributed by atoms with E-state index in [0.29, 0.717) is 19.4 Å². The van der Waals surface area contributed by atoms with Crippen molar-refractivity contribution in [2.75, 3.05) is 18.1 Å². The lowest BCUT2D eigenvalue weighted by molar-refractivity contribution is -0.119. The van der Waals surface area contributed by atoms with Gasteiger partial charge in [-0.3, -0.25) is 9.48 Å². The fraction of sp³-hybridized carbons (Fsp3) is 0.531. The van der Waals surface area contributed by atoms with Gasteiger partial charge in [0, 0.05) is 36.9 Å². The highest BCUT2D eigenvalue weighted by atomic mass is 28.4. The van der Waals surface area contributed by atoms with Crippen molar-refractivity contribution in [3.05, 3.63) is 77.6 Å². The fourth-order valence-corrected chi connectivity index (χ4v) is 9.37. The minimum Gasteiger partial charge on any atom is -0.395 e. The van der Waals surface area contributed by atoms with Gasteiger partial charge in [-0.15, -0.1) is 5.10 Å². The second-order valence-corrected chi connectivity index (χ2v) is 16.0. The van der Waals surface area contributed by atoms with E-state index in [-0.39, 0.29) is 42.1 Å². The average molecular weight is 579 g/mol. The number of aromatic nitrogens is 3. The molecule has 1 unspecified atom stereocenters. The largest absolute Gasteiger partial charge is 0.395 e. The highest BCUT2D eigenvalue weighted by Gasteiger charge is 2.50. The van der Waals surface area contributed by atoms with Crippen LogP contribution >= 0.6 is 0 Å². The summed E-state index contributed by atoms with van der Waals surface area (Å²) in [6, 6.07) is 18.1. The molecule has 2 saturated heterocycles. The van der Waals surface area contributed by atoms with E-state index in [1.165, 1.54) is 5.56 Å². The van der Waals surface area contributed by atoms with E-state index < -0.39 is 8.41 Å². The molecule has 2 aliphatic rings. The molecule has 1 N–H and O–H groups in total. The van der Waals surface area contributed by atoms with Gasteiger partial charge in [0.2, 0.25) is 14.3 Å². The molecule has 0 radical (unpaired) electrons. The molecular formula is C32H43FN4O3Si. The highest BCUT2D eigenvalue weighted by Crippen LogP contribution is 2.47. The number of amides is 1. The molecule has 2 aromatic carbocycles. The molecule has 0 saturated carbocycles. The summed E-state index contributed by atoms with van der Waals surface area (Å²) in [5.41, 5.74) is 3.82. The normalized spacial score (nSPS) is 24.1. The van der Waals surface area contributed by atoms with Crippen LogP contribution in [-0.4, -0.2) is 59.8 Å². The molecule has 3 heterocycles. The molecule has 5 atom stereocenters. The number of carbonyl (C=O) groups excluding carboxylic acids is 1. The molecule has 0 aliphatic carbocycles. The van der Waals surface area contributed by atoms with Crippen LogP contribution in [0, 0.1) is 5.92 Å². The monoisotopic (exact) mass is 578 g/mol. The third-order valence-corrected chi connectivity index (χ3v) is 11.4. The van der Waals surface area contributed by atoms with Crippen LogP contribution in [0.15, 0.2) is 60.8 Å². The highest BCUT2D eigenvalue weighted by molar-refractivity contribution is 6.72. The number of aliphatic hydroxyl groups excluding tert-OH is 1. The minimum absolute atomic E-state index is 0.000897. The van der Waals surface area contributed by atoms with E-state index in [1.807, 2.05) is 53.6 Å². The van der Waals surface area contributed by atoms with Crippen molar-refractivity contribution in [3.63, 3.8) is 0 Å². The molecule has 41 heavy (non-hydrogen) atoms. The lowest BCUT2D eigenvalue weighted by Crippen LogP contribution is -2.36. The molecule has 9 heteroatoms. The second-order valence-electron chi connectivity index (χ2n) is 12.2. The quantitative estimate of drug-likeness (QED) is 0.227. The number of carbonyl (C=O) groups is 1. The van der Waals surface area contributed by atoms with Gasteiger partial charge in [-0.25, -0.2) is 0 Å². The summed E-state index contributed by atoms with van der Waals surface area (Å²) >= 11 is 0. The van der Waals surface area contributed by atoms with Gasteiger partial charge in [0.25, 0.3) is 0 Å². The van der Waals surface area contributed by atoms with Crippen LogP contribution in [0.3, 0.4) is 0 Å². The van der Waals surface area contributed by atoms with E-state index in [2.05, 4.69) is 29.4 Å². The van der Waals surface area contributed by atoms with Crippen LogP contribution in [0.2, 0.25) is 18.6 Å². The zero-order chi connectivity index (χ0) is 29.0. The Bertz CT molecular complexity index is 1280. The maximum atomic E-state index is 15.6. The summed E-state index contributed by atoms with van der Waals surface area (Å²) in [6.07, 6.45) is 6.74. The molecule has 220 valence electrons. The van der Waals surface area contributed by atoms with Crippen molar-refractivity contribution in [2.45, 2.75) is 88.8 Å². The molecule has 1 amide bonds. The molecule has 3 aromatic rings. The first-order valence-electron chi connectivity index (χ1n) is 15.0. The number of ether oxygens (including phenoxy) is 1. The van der Waals surface area contributed by atoms with Crippen molar-refractivity contribution in [1.82, 2.24) is 15.0 Å². The molecule has 1 aromatic heterocycles. The summed E-state index contributed by atoms with van der Waals surface area (Å²) in [4.78, 5) is 14.2. The van der Waals surface area contributed by atoms with Crippen LogP contribution in [0.25, 0.3) is 0 Å². The summed E-state index contributed by atoms with van der Waals surface area (Å²) < 4.78 is 24.0. The number of rotatable bonds is 11. The van der Waals surface area contributed by atoms with Crippen molar-refractivity contribution in [1.29, 1.82) is 0 Å². The summed E-state index contributed by atoms with van der Waals surface area (Å²) in [6.45, 7) is 7.08. The number of piperidine rings is 1. The SMILES string of the molecule is C[C@H]1[C@H]([Si](C)(C)F)[C@@H](CCn2cc(C(CO)c3ccccc3)nn2)O[C@H]1CCc1ccc(N2CCCCC2=O)cc1. The lowest BCUT2D eigenvalue weighted by atomic mass is 9.95. The van der Waals surface area contributed by atoms with Gasteiger partial charge in [-0.2, -0.15) is 0 Å². The minimum atomic E-state index is -2.98. The number of anilines is 1. The fourth-order valence-electron chi connectivity index (χ4n) is 6.78. The molecule has 0 bridgehead atoms. The van der Waals surface area contributed by atoms with E-state index in [4.69, 9.17) is 4.74 Å². The van der Waals surface area contributed by atoms with Crippen molar-refractivity contribution in [3.8, 4) is 0 Å². The number of halogens is 1. The smallest absolute Gasteiger partial charge is 0.246 e. The Balaban J connectivity index is 1.19. The van der Waals surface area contributed by atoms with Gasteiger partial charge in [0.15, 0.2) is 0 Å². The van der Waals surface area contributed by atoms with Crippen molar-refractivity contribution >= 4 is 20.0 Å². The summed E-state index contributed by atoms with van der Waals surface area (Å²) in [7, 11) is -2.98. The number of aliphatic hydroxyl groups is 1. The average Bonchev–Trinajstić information content (AvgIpc) is 3.56. The van der Waals surface area contributed by atoms with Gasteiger partial charge in [0.05, 0.1) is 30.4 Å². The van der Waals surface area contributed by atoms with E-state index in [9.17, 15) is 9.90 Å². The molecule has 7 nitrogen and oxygen atoms in total. The molecule has 2 fully saturated rings. The first-order valence-corrected chi connectivity index (χ1v) is 18.0. The molecule has 2 aliphatic heterocycles. The Morgan fingerprint density at radius 2 is 1.83 bits per heavy atom. The first-order chi connectivity index (χ1) is 19.7. The van der Waals surface area contributed by atoms with E-state index >= 15 is 4.11 Å². The zero-order valence-corrected chi connectivity index (χ0v) is 25.5. The number of hydrogen-bond donors (Lipinski definition) is 1. The Morgan fingerprint density at radius 1 is 1.07 bits per heavy atom. The third kappa shape index (κ3) is 6.96. The lowest BCUT2D eigenvalue weighted by Gasteiger charge is -2.28. The molecule has 5 rings (SSSR count). The maximum Gasteiger partial charge on any atom is 0.246 e. The van der Waals surface area contributed by atoms with Gasteiger partial charge in [0.1, 0.15) is 0 Å². The molecular weight excluding hydrogens is 535 g/mol. The number of hydrogen-bond acceptors (Lipinski definition) is 5. The van der Waals surface area contributed by atoms with Gasteiger partial charge in [-0.1, -0.05) is 54.6 Å². The second kappa shape index (κ2) is 13.0. The summed E-state index contributed by atoms with van der Waals surface area (Å²) in [5, 5.41) is 18.6. The Hall–Kier alpha value is -2.88. The predicted molar refractivity (Wildman–Crippen MR) is 161 cm³/mol. The van der Waals surface area contributed by atoms with Crippen LogP contribution in [0.5, 0.6) is 0 Å². The van der Waals surface area contributed by atoms with Crippen LogP contribution in [-0.2, 0) is 22.5 Å². The zero-order valence-electron chi connectivity index (χ0n) is 24.5. The van der Waals surface area contributed by atoms with Crippen molar-refractivity contribution < 1.29 is 18.7 Å². The van der Waals surface area contributed by atoms with Gasteiger partial charge < -0.3 is 18.9 Å². The van der Waals surface area contributed by atoms with Gasteiger partial charge in [-0.05, 0) is 74.4 Å². The topological polar surface area (TPSA) is 80.5 Å². The van der Waals surface area contributed by atoms with Crippen LogP contribution in [0.1, 0.15) is 61.8 Å². The number of nitrogens with zero attached hydrogens (tertiary/aromatic N) is 4. The summed E-state index contributed by atoms with van der Waals surface area (Å²) in [5.74, 6) is 0.121. The van der Waals surface area contributed by atoms with Crippen molar-refractivity contribution in [2.24, 2.45) is 5.92 Å². The first kappa shape index (κ1) is 29.6. The number of aryl methyl sites for hydroxylation is 2. The maximum absolute atomic E-state index is 15.6. The predicted octanol–water partition coefficient (Wildman–Crippen LogP) is 5.89. The Morgan fingerprint density at radius 3 is 2.51 bits per heavy atom. The van der Waals surface area contributed by atoms with E-state index in [1.54, 1.807) is 17.8 Å². The number of benzene rings is 2. The molecule has 0 spiro atoms. The van der Waals surface area contributed by atoms with Gasteiger partial charge >= 0.3 is 0 Å². The Labute approximate surface area is 243 Å². The standard InChI is InChI=1S/C32H43FN4O3Si/c1-23-29(17-14-24-12-15-26(16-13-24)37-19-8-7-11-31(37)39)40-30(32(23)41(2,3)33)18-20-36-21-28(34-35-36)27(22-38)25-9-5-4-6-10-25/h4-6,9-10,12-13,15-16,21,23,27,29-30,32,38H,7-8,11,14,17-20,22H2,1-3H3/t23-,27?,29+,30-,32+/m1/s1. The third-order valence-electron chi connectivity index (χ3n) is 8.93. The van der Waals surface area contributed by atoms with Crippen LogP contribution < -0.4 is 4.90 Å². The van der Waals surface area contributed by atoms with Crippen LogP contribution in [0.4, 0.5) is 9.80 Å². The van der Waals surface area contributed by atoms with E-state index in [0.717, 1.165) is 49.2 Å².